The summed E-state index contributed by atoms with van der Waals surface area (Å²) in [5, 5.41) is 2.22. The van der Waals surface area contributed by atoms with Crippen molar-refractivity contribution in [1.82, 2.24) is 9.97 Å². The van der Waals surface area contributed by atoms with E-state index in [9.17, 15) is 0 Å². The second-order valence-corrected chi connectivity index (χ2v) is 15.1. The van der Waals surface area contributed by atoms with Gasteiger partial charge in [0.1, 0.15) is 11.2 Å². The Labute approximate surface area is 331 Å². The zero-order valence-electron chi connectivity index (χ0n) is 31.4. The summed E-state index contributed by atoms with van der Waals surface area (Å²) in [6.45, 7) is 2.36. The number of furan rings is 1. The van der Waals surface area contributed by atoms with Gasteiger partial charge in [0.15, 0.2) is 5.82 Å². The van der Waals surface area contributed by atoms with Crippen molar-refractivity contribution < 1.29 is 4.42 Å². The van der Waals surface area contributed by atoms with E-state index < -0.39 is 0 Å². The quantitative estimate of drug-likeness (QED) is 0.171. The first-order valence-electron chi connectivity index (χ1n) is 19.5. The molecule has 2 aromatic heterocycles. The number of benzene rings is 8. The van der Waals surface area contributed by atoms with Gasteiger partial charge in [-0.2, -0.15) is 0 Å². The summed E-state index contributed by atoms with van der Waals surface area (Å²) in [7, 11) is 0. The molecule has 0 fully saturated rings. The molecule has 0 bridgehead atoms. The van der Waals surface area contributed by atoms with Crippen LogP contribution in [0.5, 0.6) is 0 Å². The first-order chi connectivity index (χ1) is 28.1. The van der Waals surface area contributed by atoms with E-state index >= 15 is 0 Å². The fourth-order valence-corrected chi connectivity index (χ4v) is 8.86. The van der Waals surface area contributed by atoms with Crippen LogP contribution < -0.4 is 0 Å². The third-order valence-electron chi connectivity index (χ3n) is 11.8. The average molecular weight is 729 g/mol. The van der Waals surface area contributed by atoms with Crippen molar-refractivity contribution >= 4 is 21.9 Å². The van der Waals surface area contributed by atoms with Gasteiger partial charge in [-0.05, 0) is 106 Å². The summed E-state index contributed by atoms with van der Waals surface area (Å²) >= 11 is 0. The van der Waals surface area contributed by atoms with Crippen LogP contribution in [0.25, 0.3) is 89.2 Å². The van der Waals surface area contributed by atoms with Crippen molar-refractivity contribution in [3.05, 3.63) is 217 Å². The SMILES string of the molecule is CC1(c2cccc(-c3cc(-c4cc(-c5ccccc5)cc(-c5ccc6oc7ccccc7c6c5)c4)nc(-c4ccccc4)n3)c2)c2ccccc2-c2ccccc21. The average Bonchev–Trinajstić information content (AvgIpc) is 3.79. The van der Waals surface area contributed by atoms with Gasteiger partial charge in [-0.15, -0.1) is 0 Å². The smallest absolute Gasteiger partial charge is 0.160 e. The van der Waals surface area contributed by atoms with Crippen LogP contribution in [-0.4, -0.2) is 9.97 Å². The van der Waals surface area contributed by atoms with Crippen LogP contribution in [0, 0.1) is 0 Å². The van der Waals surface area contributed by atoms with Gasteiger partial charge in [-0.25, -0.2) is 9.97 Å². The van der Waals surface area contributed by atoms with Gasteiger partial charge >= 0.3 is 0 Å². The lowest BCUT2D eigenvalue weighted by Gasteiger charge is -2.28. The van der Waals surface area contributed by atoms with Gasteiger partial charge < -0.3 is 4.42 Å². The Bertz CT molecular complexity index is 3100. The normalized spacial score (nSPS) is 12.8. The molecule has 1 aliphatic carbocycles. The second kappa shape index (κ2) is 13.1. The first kappa shape index (κ1) is 33.0. The number of aromatic nitrogens is 2. The molecule has 3 heteroatoms. The molecule has 0 saturated heterocycles. The minimum absolute atomic E-state index is 0.318. The molecule has 3 nitrogen and oxygen atoms in total. The van der Waals surface area contributed by atoms with Crippen molar-refractivity contribution in [2.75, 3.05) is 0 Å². The topological polar surface area (TPSA) is 38.9 Å². The van der Waals surface area contributed by atoms with E-state index in [1.165, 1.54) is 27.8 Å². The highest BCUT2D eigenvalue weighted by Gasteiger charge is 2.40. The molecule has 0 spiro atoms. The molecule has 268 valence electrons. The number of hydrogen-bond acceptors (Lipinski definition) is 3. The summed E-state index contributed by atoms with van der Waals surface area (Å²) in [5.41, 5.74) is 17.2. The minimum Gasteiger partial charge on any atom is -0.456 e. The molecule has 11 rings (SSSR count). The van der Waals surface area contributed by atoms with Crippen molar-refractivity contribution in [3.8, 4) is 67.3 Å². The van der Waals surface area contributed by atoms with Crippen LogP contribution in [0.4, 0.5) is 0 Å². The molecular formula is C54H36N2O. The molecule has 57 heavy (non-hydrogen) atoms. The molecule has 0 atom stereocenters. The van der Waals surface area contributed by atoms with E-state index in [1.54, 1.807) is 0 Å². The number of nitrogens with zero attached hydrogens (tertiary/aromatic N) is 2. The third-order valence-corrected chi connectivity index (χ3v) is 11.8. The first-order valence-corrected chi connectivity index (χ1v) is 19.5. The summed E-state index contributed by atoms with van der Waals surface area (Å²) in [6.07, 6.45) is 0. The largest absolute Gasteiger partial charge is 0.456 e. The summed E-state index contributed by atoms with van der Waals surface area (Å²) in [4.78, 5) is 10.6. The second-order valence-electron chi connectivity index (χ2n) is 15.1. The maximum Gasteiger partial charge on any atom is 0.160 e. The third kappa shape index (κ3) is 5.50. The van der Waals surface area contributed by atoms with Crippen LogP contribution >= 0.6 is 0 Å². The monoisotopic (exact) mass is 728 g/mol. The standard InChI is InChI=1S/C54H36N2O/c1-54(47-24-11-8-21-43(47)44-22-9-12-25-48(44)54)42-20-14-19-38(32-42)49-34-50(56-53(55-49)36-17-6-3-7-18-36)41-30-39(35-15-4-2-5-16-35)29-40(31-41)37-27-28-52-46(33-37)45-23-10-13-26-51(45)57-52/h2-34H,1H3. The van der Waals surface area contributed by atoms with Crippen molar-refractivity contribution in [2.45, 2.75) is 12.3 Å². The fraction of sp³-hybridized carbons (Fsp3) is 0.0370. The van der Waals surface area contributed by atoms with E-state index in [1.807, 2.05) is 30.3 Å². The highest BCUT2D eigenvalue weighted by Crippen LogP contribution is 2.52. The van der Waals surface area contributed by atoms with E-state index in [0.29, 0.717) is 5.82 Å². The lowest BCUT2D eigenvalue weighted by molar-refractivity contribution is 0.669. The zero-order valence-corrected chi connectivity index (χ0v) is 31.4. The predicted octanol–water partition coefficient (Wildman–Crippen LogP) is 14.0. The molecule has 0 unspecified atom stereocenters. The van der Waals surface area contributed by atoms with Crippen molar-refractivity contribution in [1.29, 1.82) is 0 Å². The van der Waals surface area contributed by atoms with Gasteiger partial charge in [-0.1, -0.05) is 152 Å². The Balaban J connectivity index is 1.10. The molecule has 0 radical (unpaired) electrons. The Morgan fingerprint density at radius 2 is 0.930 bits per heavy atom. The molecule has 0 aliphatic heterocycles. The van der Waals surface area contributed by atoms with Gasteiger partial charge in [0.05, 0.1) is 11.4 Å². The molecule has 0 saturated carbocycles. The van der Waals surface area contributed by atoms with E-state index in [-0.39, 0.29) is 5.41 Å². The molecule has 1 aliphatic rings. The predicted molar refractivity (Wildman–Crippen MR) is 234 cm³/mol. The molecule has 10 aromatic rings. The Hall–Kier alpha value is -7.36. The number of para-hydroxylation sites is 1. The maximum absolute atomic E-state index is 6.20. The molecule has 2 heterocycles. The highest BCUT2D eigenvalue weighted by atomic mass is 16.3. The van der Waals surface area contributed by atoms with Gasteiger partial charge in [-0.3, -0.25) is 0 Å². The maximum atomic E-state index is 6.20. The Morgan fingerprint density at radius 3 is 1.67 bits per heavy atom. The Kier molecular flexibility index (Phi) is 7.61. The summed E-state index contributed by atoms with van der Waals surface area (Å²) in [5.74, 6) is 0.689. The van der Waals surface area contributed by atoms with Gasteiger partial charge in [0.25, 0.3) is 0 Å². The number of fused-ring (bicyclic) bond motifs is 6. The lowest BCUT2D eigenvalue weighted by Crippen LogP contribution is -2.22. The van der Waals surface area contributed by atoms with Gasteiger partial charge in [0.2, 0.25) is 0 Å². The number of rotatable bonds is 6. The molecule has 8 aromatic carbocycles. The summed E-state index contributed by atoms with van der Waals surface area (Å²) in [6, 6.07) is 71.2. The highest BCUT2D eigenvalue weighted by molar-refractivity contribution is 6.06. The van der Waals surface area contributed by atoms with Crippen LogP contribution in [0.3, 0.4) is 0 Å². The molecule has 0 N–H and O–H groups in total. The van der Waals surface area contributed by atoms with E-state index in [2.05, 4.69) is 177 Å². The number of hydrogen-bond donors (Lipinski definition) is 0. The zero-order chi connectivity index (χ0) is 37.9. The van der Waals surface area contributed by atoms with Crippen molar-refractivity contribution in [2.24, 2.45) is 0 Å². The Morgan fingerprint density at radius 1 is 0.368 bits per heavy atom. The lowest BCUT2D eigenvalue weighted by atomic mass is 9.74. The minimum atomic E-state index is -0.318. The molecule has 0 amide bonds. The van der Waals surface area contributed by atoms with Crippen molar-refractivity contribution in [3.63, 3.8) is 0 Å². The van der Waals surface area contributed by atoms with Crippen LogP contribution in [0.1, 0.15) is 23.6 Å². The summed E-state index contributed by atoms with van der Waals surface area (Å²) < 4.78 is 6.20. The molecular weight excluding hydrogens is 693 g/mol. The van der Waals surface area contributed by atoms with Crippen LogP contribution in [0.2, 0.25) is 0 Å². The van der Waals surface area contributed by atoms with Crippen LogP contribution in [0.15, 0.2) is 205 Å². The van der Waals surface area contributed by atoms with Gasteiger partial charge in [0, 0.05) is 32.9 Å². The van der Waals surface area contributed by atoms with E-state index in [4.69, 9.17) is 14.4 Å². The van der Waals surface area contributed by atoms with E-state index in [0.717, 1.165) is 72.3 Å². The van der Waals surface area contributed by atoms with Crippen LogP contribution in [-0.2, 0) is 5.41 Å². The fourth-order valence-electron chi connectivity index (χ4n) is 8.86.